The number of rotatable bonds is 6. The molecule has 1 fully saturated rings. The van der Waals surface area contributed by atoms with Gasteiger partial charge in [0, 0.05) is 12.5 Å². The second-order valence-corrected chi connectivity index (χ2v) is 7.86. The Morgan fingerprint density at radius 3 is 2.48 bits per heavy atom. The Labute approximate surface area is 159 Å². The maximum atomic E-state index is 14.5. The fourth-order valence-corrected chi connectivity index (χ4v) is 2.82. The molecule has 0 saturated carbocycles. The van der Waals surface area contributed by atoms with Crippen LogP contribution in [0.5, 0.6) is 0 Å². The van der Waals surface area contributed by atoms with Gasteiger partial charge in [-0.2, -0.15) is 0 Å². The Bertz CT molecular complexity index is 604. The fourth-order valence-electron chi connectivity index (χ4n) is 2.82. The van der Waals surface area contributed by atoms with Gasteiger partial charge in [0.05, 0.1) is 26.4 Å². The van der Waals surface area contributed by atoms with E-state index in [2.05, 4.69) is 0 Å². The lowest BCUT2D eigenvalue weighted by Crippen LogP contribution is -2.59. The normalized spacial score (nSPS) is 22.5. The monoisotopic (exact) mass is 385 g/mol. The molecule has 0 bridgehead atoms. The lowest BCUT2D eigenvalue weighted by Gasteiger charge is -2.42. The summed E-state index contributed by atoms with van der Waals surface area (Å²) in [6.07, 6.45) is -1.98. The van der Waals surface area contributed by atoms with Gasteiger partial charge >= 0.3 is 6.09 Å². The summed E-state index contributed by atoms with van der Waals surface area (Å²) in [5, 5.41) is 0. The van der Waals surface area contributed by atoms with E-state index in [1.54, 1.807) is 20.8 Å². The Morgan fingerprint density at radius 1 is 1.19 bits per heavy atom. The number of piperidine rings is 1. The third-order valence-corrected chi connectivity index (χ3v) is 4.28. The van der Waals surface area contributed by atoms with Gasteiger partial charge in [0.25, 0.3) is 5.92 Å². The smallest absolute Gasteiger partial charge is 0.410 e. The van der Waals surface area contributed by atoms with Crippen LogP contribution >= 0.6 is 0 Å². The quantitative estimate of drug-likeness (QED) is 0.692. The van der Waals surface area contributed by atoms with Crippen LogP contribution in [0, 0.1) is 5.92 Å². The molecule has 2 rings (SSSR count). The Hall–Kier alpha value is -1.73. The van der Waals surface area contributed by atoms with E-state index in [1.807, 2.05) is 30.3 Å². The van der Waals surface area contributed by atoms with Gasteiger partial charge in [0.2, 0.25) is 0 Å². The van der Waals surface area contributed by atoms with Gasteiger partial charge in [-0.05, 0) is 26.3 Å². The van der Waals surface area contributed by atoms with Crippen molar-refractivity contribution >= 4 is 6.09 Å². The van der Waals surface area contributed by atoms with Crippen LogP contribution in [0.4, 0.5) is 13.6 Å². The SMILES string of the molecule is CC1CN(C(=O)OC(C)(C)C)CC(OCCOCc2ccccc2)C1(F)F. The number of carbonyl (C=O) groups excluding carboxylic acids is 1. The molecule has 0 radical (unpaired) electrons. The summed E-state index contributed by atoms with van der Waals surface area (Å²) in [5.74, 6) is -4.04. The zero-order chi connectivity index (χ0) is 20.1. The van der Waals surface area contributed by atoms with Crippen LogP contribution in [0.2, 0.25) is 0 Å². The Morgan fingerprint density at radius 2 is 1.85 bits per heavy atom. The largest absolute Gasteiger partial charge is 0.444 e. The third-order valence-electron chi connectivity index (χ3n) is 4.28. The first-order chi connectivity index (χ1) is 12.6. The van der Waals surface area contributed by atoms with Gasteiger partial charge in [-0.15, -0.1) is 0 Å². The first-order valence-corrected chi connectivity index (χ1v) is 9.18. The molecule has 1 aliphatic heterocycles. The minimum atomic E-state index is -3.02. The molecule has 0 N–H and O–H groups in total. The molecule has 1 aromatic rings. The first-order valence-electron chi connectivity index (χ1n) is 9.18. The summed E-state index contributed by atoms with van der Waals surface area (Å²) in [5.41, 5.74) is 0.326. The zero-order valence-electron chi connectivity index (χ0n) is 16.4. The molecule has 1 aliphatic rings. The van der Waals surface area contributed by atoms with E-state index in [1.165, 1.54) is 11.8 Å². The second kappa shape index (κ2) is 8.97. The van der Waals surface area contributed by atoms with Gasteiger partial charge in [-0.1, -0.05) is 37.3 Å². The van der Waals surface area contributed by atoms with Gasteiger partial charge in [0.15, 0.2) is 0 Å². The molecular formula is C20H29F2NO4. The van der Waals surface area contributed by atoms with Crippen molar-refractivity contribution in [3.8, 4) is 0 Å². The number of alkyl halides is 2. The van der Waals surface area contributed by atoms with Crippen molar-refractivity contribution in [1.29, 1.82) is 0 Å². The van der Waals surface area contributed by atoms with E-state index in [4.69, 9.17) is 14.2 Å². The van der Waals surface area contributed by atoms with Crippen molar-refractivity contribution in [1.82, 2.24) is 4.90 Å². The summed E-state index contributed by atoms with van der Waals surface area (Å²) in [4.78, 5) is 13.5. The number of ether oxygens (including phenoxy) is 3. The number of hydrogen-bond donors (Lipinski definition) is 0. The van der Waals surface area contributed by atoms with Crippen molar-refractivity contribution in [2.75, 3.05) is 26.3 Å². The minimum Gasteiger partial charge on any atom is -0.444 e. The molecular weight excluding hydrogens is 356 g/mol. The number of nitrogens with zero attached hydrogens (tertiary/aromatic N) is 1. The molecule has 27 heavy (non-hydrogen) atoms. The average molecular weight is 385 g/mol. The Balaban J connectivity index is 1.84. The van der Waals surface area contributed by atoms with E-state index in [-0.39, 0.29) is 26.3 Å². The van der Waals surface area contributed by atoms with Gasteiger partial charge in [-0.25, -0.2) is 13.6 Å². The molecule has 1 aromatic carbocycles. The van der Waals surface area contributed by atoms with Crippen molar-refractivity contribution < 1.29 is 27.8 Å². The zero-order valence-corrected chi connectivity index (χ0v) is 16.4. The van der Waals surface area contributed by atoms with Crippen LogP contribution in [0.1, 0.15) is 33.3 Å². The van der Waals surface area contributed by atoms with E-state index in [0.29, 0.717) is 6.61 Å². The van der Waals surface area contributed by atoms with Crippen molar-refractivity contribution in [3.63, 3.8) is 0 Å². The molecule has 5 nitrogen and oxygen atoms in total. The van der Waals surface area contributed by atoms with E-state index < -0.39 is 29.6 Å². The van der Waals surface area contributed by atoms with E-state index in [9.17, 15) is 13.6 Å². The lowest BCUT2D eigenvalue weighted by atomic mass is 9.93. The van der Waals surface area contributed by atoms with Crippen LogP contribution in [0.25, 0.3) is 0 Å². The molecule has 7 heteroatoms. The van der Waals surface area contributed by atoms with Gasteiger partial charge in [-0.3, -0.25) is 0 Å². The lowest BCUT2D eigenvalue weighted by molar-refractivity contribution is -0.199. The fraction of sp³-hybridized carbons (Fsp3) is 0.650. The van der Waals surface area contributed by atoms with Crippen LogP contribution in [-0.4, -0.2) is 54.9 Å². The highest BCUT2D eigenvalue weighted by atomic mass is 19.3. The summed E-state index contributed by atoms with van der Waals surface area (Å²) >= 11 is 0. The number of hydrogen-bond acceptors (Lipinski definition) is 4. The number of benzene rings is 1. The highest BCUT2D eigenvalue weighted by Crippen LogP contribution is 2.35. The summed E-state index contributed by atoms with van der Waals surface area (Å²) in [7, 11) is 0. The molecule has 0 aliphatic carbocycles. The molecule has 0 spiro atoms. The third kappa shape index (κ3) is 6.43. The Kier molecular flexibility index (Phi) is 7.17. The van der Waals surface area contributed by atoms with E-state index in [0.717, 1.165) is 5.56 Å². The number of amides is 1. The highest BCUT2D eigenvalue weighted by molar-refractivity contribution is 5.68. The number of likely N-dealkylation sites (tertiary alicyclic amines) is 1. The molecule has 2 unspecified atom stereocenters. The van der Waals surface area contributed by atoms with E-state index >= 15 is 0 Å². The molecule has 1 amide bonds. The standard InChI is InChI=1S/C20H29F2NO4/c1-15-12-23(18(24)27-19(2,3)4)13-17(20(15,21)22)26-11-10-25-14-16-8-6-5-7-9-16/h5-9,15,17H,10-14H2,1-4H3. The van der Waals surface area contributed by atoms with Gasteiger partial charge in [0.1, 0.15) is 11.7 Å². The molecule has 1 saturated heterocycles. The molecule has 0 aromatic heterocycles. The predicted octanol–water partition coefficient (Wildman–Crippen LogP) is 4.11. The molecule has 2 atom stereocenters. The summed E-state index contributed by atoms with van der Waals surface area (Å²) in [6.45, 7) is 6.99. The molecule has 152 valence electrons. The predicted molar refractivity (Wildman–Crippen MR) is 97.8 cm³/mol. The summed E-state index contributed by atoms with van der Waals surface area (Å²) < 4.78 is 45.1. The van der Waals surface area contributed by atoms with Gasteiger partial charge < -0.3 is 19.1 Å². The highest BCUT2D eigenvalue weighted by Gasteiger charge is 2.51. The van der Waals surface area contributed by atoms with Crippen molar-refractivity contribution in [2.45, 2.75) is 51.9 Å². The van der Waals surface area contributed by atoms with Crippen molar-refractivity contribution in [2.24, 2.45) is 5.92 Å². The molecule has 1 heterocycles. The number of carbonyl (C=O) groups is 1. The minimum absolute atomic E-state index is 0.0297. The maximum Gasteiger partial charge on any atom is 0.410 e. The van der Waals surface area contributed by atoms with Crippen LogP contribution in [0.15, 0.2) is 30.3 Å². The topological polar surface area (TPSA) is 48.0 Å². The average Bonchev–Trinajstić information content (AvgIpc) is 2.57. The summed E-state index contributed by atoms with van der Waals surface area (Å²) in [6, 6.07) is 9.58. The van der Waals surface area contributed by atoms with Crippen LogP contribution in [0.3, 0.4) is 0 Å². The van der Waals surface area contributed by atoms with Crippen LogP contribution < -0.4 is 0 Å². The van der Waals surface area contributed by atoms with Crippen LogP contribution in [-0.2, 0) is 20.8 Å². The van der Waals surface area contributed by atoms with Crippen molar-refractivity contribution in [3.05, 3.63) is 35.9 Å². The number of halogens is 2. The first kappa shape index (κ1) is 21.6. The maximum absolute atomic E-state index is 14.5. The second-order valence-electron chi connectivity index (χ2n) is 7.86.